The SMILES string of the molecule is CC/C(C)=C/C=N/Nc1ccc([N+](=O)[O-])cc1[N+](=O)[O-]. The lowest BCUT2D eigenvalue weighted by molar-refractivity contribution is -0.393. The van der Waals surface area contributed by atoms with Crippen LogP contribution < -0.4 is 5.43 Å². The van der Waals surface area contributed by atoms with E-state index in [1.54, 1.807) is 6.08 Å². The van der Waals surface area contributed by atoms with E-state index in [1.807, 2.05) is 13.8 Å². The summed E-state index contributed by atoms with van der Waals surface area (Å²) in [5.74, 6) is 0. The Hall–Kier alpha value is -2.77. The van der Waals surface area contributed by atoms with Crippen LogP contribution in [0, 0.1) is 20.2 Å². The quantitative estimate of drug-likeness (QED) is 0.487. The maximum Gasteiger partial charge on any atom is 0.301 e. The molecule has 0 heterocycles. The fourth-order valence-electron chi connectivity index (χ4n) is 1.27. The van der Waals surface area contributed by atoms with Crippen LogP contribution in [0.25, 0.3) is 0 Å². The molecule has 0 aliphatic rings. The second-order valence-electron chi connectivity index (χ2n) is 3.97. The van der Waals surface area contributed by atoms with Crippen molar-refractivity contribution >= 4 is 23.3 Å². The number of nitrogens with one attached hydrogen (secondary N) is 1. The molecule has 0 saturated carbocycles. The predicted octanol–water partition coefficient (Wildman–Crippen LogP) is 3.26. The first kappa shape index (κ1) is 15.3. The molecule has 0 aliphatic carbocycles. The Labute approximate surface area is 115 Å². The molecule has 1 aromatic rings. The van der Waals surface area contributed by atoms with E-state index in [0.29, 0.717) is 0 Å². The molecule has 1 rings (SSSR count). The van der Waals surface area contributed by atoms with Crippen molar-refractivity contribution in [2.24, 2.45) is 5.10 Å². The molecule has 0 amide bonds. The number of non-ortho nitro benzene ring substituents is 1. The molecule has 0 radical (unpaired) electrons. The average Bonchev–Trinajstić information content (AvgIpc) is 2.42. The highest BCUT2D eigenvalue weighted by Gasteiger charge is 2.18. The summed E-state index contributed by atoms with van der Waals surface area (Å²) in [6.45, 7) is 3.93. The van der Waals surface area contributed by atoms with Crippen molar-refractivity contribution in [2.45, 2.75) is 20.3 Å². The van der Waals surface area contributed by atoms with Gasteiger partial charge in [-0.1, -0.05) is 12.5 Å². The van der Waals surface area contributed by atoms with Crippen molar-refractivity contribution in [3.63, 3.8) is 0 Å². The summed E-state index contributed by atoms with van der Waals surface area (Å²) in [4.78, 5) is 20.1. The first-order valence-electron chi connectivity index (χ1n) is 5.83. The first-order chi connectivity index (χ1) is 9.45. The van der Waals surface area contributed by atoms with E-state index in [-0.39, 0.29) is 11.4 Å². The molecule has 0 atom stereocenters. The molecule has 106 valence electrons. The van der Waals surface area contributed by atoms with Crippen LogP contribution in [0.5, 0.6) is 0 Å². The standard InChI is InChI=1S/C12H14N4O4/c1-3-9(2)6-7-13-14-11-5-4-10(15(17)18)8-12(11)16(19)20/h4-8,14H,3H2,1-2H3/b9-6+,13-7+. The molecular formula is C12H14N4O4. The zero-order chi connectivity index (χ0) is 15.1. The summed E-state index contributed by atoms with van der Waals surface area (Å²) in [6.07, 6.45) is 4.12. The minimum atomic E-state index is -0.696. The van der Waals surface area contributed by atoms with E-state index in [0.717, 1.165) is 18.1 Å². The van der Waals surface area contributed by atoms with Crippen molar-refractivity contribution in [1.82, 2.24) is 0 Å². The lowest BCUT2D eigenvalue weighted by Crippen LogP contribution is -1.98. The molecular weight excluding hydrogens is 264 g/mol. The Balaban J connectivity index is 2.95. The molecule has 0 aliphatic heterocycles. The summed E-state index contributed by atoms with van der Waals surface area (Å²) in [5.41, 5.74) is 2.97. The van der Waals surface area contributed by atoms with E-state index in [4.69, 9.17) is 0 Å². The van der Waals surface area contributed by atoms with Gasteiger partial charge in [-0.05, 0) is 25.5 Å². The minimum Gasteiger partial charge on any atom is -0.272 e. The van der Waals surface area contributed by atoms with Gasteiger partial charge in [-0.3, -0.25) is 25.7 Å². The number of rotatable bonds is 6. The van der Waals surface area contributed by atoms with Crippen LogP contribution >= 0.6 is 0 Å². The van der Waals surface area contributed by atoms with Crippen LogP contribution in [-0.4, -0.2) is 16.1 Å². The lowest BCUT2D eigenvalue weighted by Gasteiger charge is -2.01. The number of hydrazone groups is 1. The maximum atomic E-state index is 10.9. The van der Waals surface area contributed by atoms with Gasteiger partial charge in [0.1, 0.15) is 5.69 Å². The van der Waals surface area contributed by atoms with Crippen molar-refractivity contribution in [2.75, 3.05) is 5.43 Å². The molecule has 0 aromatic heterocycles. The maximum absolute atomic E-state index is 10.9. The normalized spacial score (nSPS) is 11.6. The Morgan fingerprint density at radius 1 is 1.35 bits per heavy atom. The van der Waals surface area contributed by atoms with Gasteiger partial charge in [-0.15, -0.1) is 0 Å². The molecule has 0 spiro atoms. The zero-order valence-electron chi connectivity index (χ0n) is 11.1. The van der Waals surface area contributed by atoms with E-state index in [9.17, 15) is 20.2 Å². The third-order valence-electron chi connectivity index (χ3n) is 2.57. The third-order valence-corrected chi connectivity index (χ3v) is 2.57. The van der Waals surface area contributed by atoms with Crippen LogP contribution in [-0.2, 0) is 0 Å². The second kappa shape index (κ2) is 6.98. The number of anilines is 1. The van der Waals surface area contributed by atoms with Gasteiger partial charge in [0.2, 0.25) is 0 Å². The van der Waals surface area contributed by atoms with Gasteiger partial charge >= 0.3 is 5.69 Å². The Bertz CT molecular complexity index is 581. The summed E-state index contributed by atoms with van der Waals surface area (Å²) in [5, 5.41) is 25.3. The van der Waals surface area contributed by atoms with E-state index in [2.05, 4.69) is 10.5 Å². The molecule has 1 N–H and O–H groups in total. The highest BCUT2D eigenvalue weighted by atomic mass is 16.6. The van der Waals surface area contributed by atoms with Crippen LogP contribution in [0.3, 0.4) is 0 Å². The smallest absolute Gasteiger partial charge is 0.272 e. The molecule has 8 heteroatoms. The third kappa shape index (κ3) is 4.16. The van der Waals surface area contributed by atoms with Gasteiger partial charge in [0.05, 0.1) is 15.9 Å². The molecule has 0 fully saturated rings. The van der Waals surface area contributed by atoms with Crippen LogP contribution in [0.2, 0.25) is 0 Å². The number of hydrogen-bond donors (Lipinski definition) is 1. The molecule has 0 saturated heterocycles. The Kier molecular flexibility index (Phi) is 5.33. The molecule has 0 unspecified atom stereocenters. The molecule has 0 bridgehead atoms. The van der Waals surface area contributed by atoms with Gasteiger partial charge < -0.3 is 0 Å². The summed E-state index contributed by atoms with van der Waals surface area (Å²) in [6, 6.07) is 3.33. The average molecular weight is 278 g/mol. The number of nitro benzene ring substituents is 2. The van der Waals surface area contributed by atoms with Gasteiger partial charge in [0.15, 0.2) is 0 Å². The van der Waals surface area contributed by atoms with Crippen molar-refractivity contribution < 1.29 is 9.85 Å². The van der Waals surface area contributed by atoms with Gasteiger partial charge in [-0.2, -0.15) is 5.10 Å². The fourth-order valence-corrected chi connectivity index (χ4v) is 1.27. The monoisotopic (exact) mass is 278 g/mol. The van der Waals surface area contributed by atoms with Crippen molar-refractivity contribution in [3.8, 4) is 0 Å². The first-order valence-corrected chi connectivity index (χ1v) is 5.83. The van der Waals surface area contributed by atoms with Crippen molar-refractivity contribution in [1.29, 1.82) is 0 Å². The van der Waals surface area contributed by atoms with E-state index in [1.165, 1.54) is 18.3 Å². The number of benzene rings is 1. The van der Waals surface area contributed by atoms with Crippen LogP contribution in [0.1, 0.15) is 20.3 Å². The molecule has 20 heavy (non-hydrogen) atoms. The van der Waals surface area contributed by atoms with E-state index < -0.39 is 15.5 Å². The number of nitrogens with zero attached hydrogens (tertiary/aromatic N) is 3. The number of allylic oxidation sites excluding steroid dienone is 2. The minimum absolute atomic E-state index is 0.0967. The second-order valence-corrected chi connectivity index (χ2v) is 3.97. The highest BCUT2D eigenvalue weighted by molar-refractivity contribution is 5.74. The Morgan fingerprint density at radius 3 is 2.60 bits per heavy atom. The highest BCUT2D eigenvalue weighted by Crippen LogP contribution is 2.28. The van der Waals surface area contributed by atoms with Crippen molar-refractivity contribution in [3.05, 3.63) is 50.1 Å². The Morgan fingerprint density at radius 2 is 2.05 bits per heavy atom. The van der Waals surface area contributed by atoms with Gasteiger partial charge in [0, 0.05) is 12.3 Å². The van der Waals surface area contributed by atoms with Crippen LogP contribution in [0.4, 0.5) is 17.1 Å². The topological polar surface area (TPSA) is 111 Å². The van der Waals surface area contributed by atoms with Crippen LogP contribution in [0.15, 0.2) is 34.9 Å². The number of hydrogen-bond acceptors (Lipinski definition) is 6. The largest absolute Gasteiger partial charge is 0.301 e. The predicted molar refractivity (Wildman–Crippen MR) is 75.9 cm³/mol. The number of nitro groups is 2. The lowest BCUT2D eigenvalue weighted by atomic mass is 10.2. The molecule has 8 nitrogen and oxygen atoms in total. The fraction of sp³-hybridized carbons (Fsp3) is 0.250. The van der Waals surface area contributed by atoms with E-state index >= 15 is 0 Å². The molecule has 1 aromatic carbocycles. The van der Waals surface area contributed by atoms with Gasteiger partial charge in [0.25, 0.3) is 5.69 Å². The zero-order valence-corrected chi connectivity index (χ0v) is 11.1. The van der Waals surface area contributed by atoms with Gasteiger partial charge in [-0.25, -0.2) is 0 Å². The summed E-state index contributed by atoms with van der Waals surface area (Å²) in [7, 11) is 0. The summed E-state index contributed by atoms with van der Waals surface area (Å²) < 4.78 is 0. The summed E-state index contributed by atoms with van der Waals surface area (Å²) >= 11 is 0.